The Labute approximate surface area is 135 Å². The Hall–Kier alpha value is -2.99. The van der Waals surface area contributed by atoms with E-state index in [-0.39, 0.29) is 16.3 Å². The zero-order chi connectivity index (χ0) is 16.4. The van der Waals surface area contributed by atoms with Crippen molar-refractivity contribution in [2.75, 3.05) is 5.32 Å². The molecule has 1 amide bonds. The van der Waals surface area contributed by atoms with E-state index in [4.69, 9.17) is 11.6 Å². The van der Waals surface area contributed by atoms with Gasteiger partial charge in [0.15, 0.2) is 0 Å². The summed E-state index contributed by atoms with van der Waals surface area (Å²) < 4.78 is 0. The minimum Gasteiger partial charge on any atom is -0.321 e. The normalized spacial score (nSPS) is 10.5. The van der Waals surface area contributed by atoms with Gasteiger partial charge in [-0.2, -0.15) is 0 Å². The predicted octanol–water partition coefficient (Wildman–Crippen LogP) is 4.05. The van der Waals surface area contributed by atoms with E-state index in [2.05, 4.69) is 10.3 Å². The molecule has 6 nitrogen and oxygen atoms in total. The number of rotatable bonds is 3. The van der Waals surface area contributed by atoms with Crippen LogP contribution in [0.15, 0.2) is 54.7 Å². The second-order valence-electron chi connectivity index (χ2n) is 4.75. The van der Waals surface area contributed by atoms with Gasteiger partial charge >= 0.3 is 0 Å². The predicted molar refractivity (Wildman–Crippen MR) is 87.8 cm³/mol. The van der Waals surface area contributed by atoms with Crippen LogP contribution in [-0.4, -0.2) is 15.8 Å². The Morgan fingerprint density at radius 1 is 1.17 bits per heavy atom. The Morgan fingerprint density at radius 2 is 2.00 bits per heavy atom. The summed E-state index contributed by atoms with van der Waals surface area (Å²) in [6, 6.07) is 12.9. The summed E-state index contributed by atoms with van der Waals surface area (Å²) in [4.78, 5) is 26.8. The van der Waals surface area contributed by atoms with Crippen LogP contribution in [0.4, 0.5) is 11.4 Å². The van der Waals surface area contributed by atoms with E-state index >= 15 is 0 Å². The van der Waals surface area contributed by atoms with E-state index in [1.807, 2.05) is 12.1 Å². The van der Waals surface area contributed by atoms with Crippen molar-refractivity contribution in [2.24, 2.45) is 0 Å². The average Bonchev–Trinajstić information content (AvgIpc) is 2.55. The molecule has 1 heterocycles. The van der Waals surface area contributed by atoms with E-state index in [1.165, 1.54) is 12.1 Å². The Balaban J connectivity index is 1.95. The Kier molecular flexibility index (Phi) is 3.91. The van der Waals surface area contributed by atoms with Crippen LogP contribution in [0.25, 0.3) is 10.9 Å². The molecule has 0 spiro atoms. The van der Waals surface area contributed by atoms with Crippen molar-refractivity contribution in [1.29, 1.82) is 0 Å². The maximum Gasteiger partial charge on any atom is 0.288 e. The third kappa shape index (κ3) is 2.97. The third-order valence-corrected chi connectivity index (χ3v) is 3.62. The zero-order valence-corrected chi connectivity index (χ0v) is 12.4. The van der Waals surface area contributed by atoms with Crippen LogP contribution in [0.2, 0.25) is 5.02 Å². The standard InChI is InChI=1S/C16H10ClN3O3/c17-12-7-6-10(9-15(12)20(22)23)16(21)19-14-5-1-4-13-11(14)3-2-8-18-13/h1-9H,(H,19,21). The third-order valence-electron chi connectivity index (χ3n) is 3.30. The van der Waals surface area contributed by atoms with Gasteiger partial charge in [-0.1, -0.05) is 17.7 Å². The van der Waals surface area contributed by atoms with E-state index in [1.54, 1.807) is 24.4 Å². The SMILES string of the molecule is O=C(Nc1cccc2ncccc12)c1ccc(Cl)c([N+](=O)[O-])c1. The number of pyridine rings is 1. The summed E-state index contributed by atoms with van der Waals surface area (Å²) >= 11 is 5.75. The lowest BCUT2D eigenvalue weighted by molar-refractivity contribution is -0.384. The molecule has 0 saturated carbocycles. The molecule has 2 aromatic carbocycles. The van der Waals surface area contributed by atoms with Gasteiger partial charge in [0.2, 0.25) is 0 Å². The fourth-order valence-corrected chi connectivity index (χ4v) is 2.39. The summed E-state index contributed by atoms with van der Waals surface area (Å²) in [5.74, 6) is -0.457. The minimum atomic E-state index is -0.624. The molecule has 3 rings (SSSR count). The first-order valence-corrected chi connectivity index (χ1v) is 7.03. The highest BCUT2D eigenvalue weighted by molar-refractivity contribution is 6.32. The molecule has 3 aromatic rings. The van der Waals surface area contributed by atoms with E-state index in [9.17, 15) is 14.9 Å². The van der Waals surface area contributed by atoms with Crippen molar-refractivity contribution in [3.8, 4) is 0 Å². The highest BCUT2D eigenvalue weighted by atomic mass is 35.5. The maximum absolute atomic E-state index is 12.3. The van der Waals surface area contributed by atoms with Crippen LogP contribution in [0, 0.1) is 10.1 Å². The highest BCUT2D eigenvalue weighted by Crippen LogP contribution is 2.26. The van der Waals surface area contributed by atoms with Gasteiger partial charge in [-0.3, -0.25) is 19.9 Å². The number of nitro benzene ring substituents is 1. The van der Waals surface area contributed by atoms with Gasteiger partial charge in [-0.25, -0.2) is 0 Å². The molecule has 0 radical (unpaired) electrons. The van der Waals surface area contributed by atoms with Crippen molar-refractivity contribution < 1.29 is 9.72 Å². The maximum atomic E-state index is 12.3. The minimum absolute atomic E-state index is 0.0130. The number of nitrogens with one attached hydrogen (secondary N) is 1. The lowest BCUT2D eigenvalue weighted by atomic mass is 10.1. The number of aromatic nitrogens is 1. The molecular formula is C16H10ClN3O3. The number of carbonyl (C=O) groups excluding carboxylic acids is 1. The number of benzene rings is 2. The lowest BCUT2D eigenvalue weighted by Gasteiger charge is -2.08. The topological polar surface area (TPSA) is 85.1 Å². The van der Waals surface area contributed by atoms with Crippen LogP contribution in [0.1, 0.15) is 10.4 Å². The van der Waals surface area contributed by atoms with Crippen LogP contribution in [0.5, 0.6) is 0 Å². The summed E-state index contributed by atoms with van der Waals surface area (Å²) in [6.45, 7) is 0. The second kappa shape index (κ2) is 6.02. The summed E-state index contributed by atoms with van der Waals surface area (Å²) in [5.41, 5.74) is 1.17. The molecule has 0 saturated heterocycles. The van der Waals surface area contributed by atoms with Crippen molar-refractivity contribution in [1.82, 2.24) is 4.98 Å². The van der Waals surface area contributed by atoms with Gasteiger partial charge in [0, 0.05) is 23.2 Å². The van der Waals surface area contributed by atoms with Gasteiger partial charge in [-0.05, 0) is 36.4 Å². The second-order valence-corrected chi connectivity index (χ2v) is 5.16. The number of hydrogen-bond acceptors (Lipinski definition) is 4. The molecule has 7 heteroatoms. The molecule has 1 aromatic heterocycles. The molecule has 114 valence electrons. The average molecular weight is 328 g/mol. The molecule has 0 aliphatic heterocycles. The number of carbonyl (C=O) groups is 1. The number of amides is 1. The van der Waals surface area contributed by atoms with Gasteiger partial charge in [0.05, 0.1) is 16.1 Å². The quantitative estimate of drug-likeness (QED) is 0.581. The first-order chi connectivity index (χ1) is 11.1. The van der Waals surface area contributed by atoms with Crippen molar-refractivity contribution in [3.63, 3.8) is 0 Å². The molecule has 0 fully saturated rings. The molecule has 23 heavy (non-hydrogen) atoms. The Morgan fingerprint density at radius 3 is 2.78 bits per heavy atom. The number of hydrogen-bond donors (Lipinski definition) is 1. The fraction of sp³-hybridized carbons (Fsp3) is 0. The van der Waals surface area contributed by atoms with Crippen LogP contribution in [0.3, 0.4) is 0 Å². The van der Waals surface area contributed by atoms with E-state index in [0.29, 0.717) is 5.69 Å². The number of halogens is 1. The van der Waals surface area contributed by atoms with Gasteiger partial charge in [0.1, 0.15) is 5.02 Å². The summed E-state index contributed by atoms with van der Waals surface area (Å²) in [5, 5.41) is 14.4. The summed E-state index contributed by atoms with van der Waals surface area (Å²) in [7, 11) is 0. The first kappa shape index (κ1) is 14.9. The van der Waals surface area contributed by atoms with E-state index in [0.717, 1.165) is 17.0 Å². The smallest absolute Gasteiger partial charge is 0.288 e. The largest absolute Gasteiger partial charge is 0.321 e. The van der Waals surface area contributed by atoms with Crippen molar-refractivity contribution in [3.05, 3.63) is 75.4 Å². The van der Waals surface area contributed by atoms with Crippen molar-refractivity contribution in [2.45, 2.75) is 0 Å². The number of fused-ring (bicyclic) bond motifs is 1. The number of nitro groups is 1. The molecule has 0 aliphatic rings. The van der Waals surface area contributed by atoms with Crippen molar-refractivity contribution >= 4 is 39.8 Å². The molecule has 0 unspecified atom stereocenters. The highest BCUT2D eigenvalue weighted by Gasteiger charge is 2.16. The van der Waals surface area contributed by atoms with Gasteiger partial charge < -0.3 is 5.32 Å². The van der Waals surface area contributed by atoms with E-state index < -0.39 is 10.8 Å². The monoisotopic (exact) mass is 327 g/mol. The molecule has 0 bridgehead atoms. The van der Waals surface area contributed by atoms with Gasteiger partial charge in [0.25, 0.3) is 11.6 Å². The fourth-order valence-electron chi connectivity index (χ4n) is 2.20. The van der Waals surface area contributed by atoms with Gasteiger partial charge in [-0.15, -0.1) is 0 Å². The molecule has 1 N–H and O–H groups in total. The molecular weight excluding hydrogens is 318 g/mol. The Bertz CT molecular complexity index is 922. The summed E-state index contributed by atoms with van der Waals surface area (Å²) in [6.07, 6.45) is 1.66. The number of nitrogens with zero attached hydrogens (tertiary/aromatic N) is 2. The number of anilines is 1. The molecule has 0 aliphatic carbocycles. The zero-order valence-electron chi connectivity index (χ0n) is 11.7. The van der Waals surface area contributed by atoms with Crippen LogP contribution >= 0.6 is 11.6 Å². The van der Waals surface area contributed by atoms with Crippen LogP contribution in [-0.2, 0) is 0 Å². The lowest BCUT2D eigenvalue weighted by Crippen LogP contribution is -2.12. The molecule has 0 atom stereocenters. The van der Waals surface area contributed by atoms with Crippen LogP contribution < -0.4 is 5.32 Å². The first-order valence-electron chi connectivity index (χ1n) is 6.65.